The molecule has 51 heavy (non-hydrogen) atoms. The lowest BCUT2D eigenvalue weighted by Crippen LogP contribution is -2.45. The molecule has 0 bridgehead atoms. The van der Waals surface area contributed by atoms with Crippen molar-refractivity contribution in [3.8, 4) is 5.75 Å². The van der Waals surface area contributed by atoms with Gasteiger partial charge in [-0.3, -0.25) is 19.9 Å². The number of carboxylic acids is 2. The number of ether oxygens (including phenoxy) is 3. The maximum Gasteiger partial charge on any atom is 0.349 e. The quantitative estimate of drug-likeness (QED) is 0.151. The number of rotatable bonds is 14. The highest BCUT2D eigenvalue weighted by Crippen LogP contribution is 2.24. The maximum absolute atomic E-state index is 12.0. The number of hydrogen-bond acceptors (Lipinski definition) is 11. The van der Waals surface area contributed by atoms with Gasteiger partial charge in [0.1, 0.15) is 5.75 Å². The summed E-state index contributed by atoms with van der Waals surface area (Å²) in [7, 11) is 0. The molecule has 1 aliphatic rings. The average Bonchev–Trinajstić information content (AvgIpc) is 3.46. The van der Waals surface area contributed by atoms with E-state index in [0.29, 0.717) is 13.0 Å². The van der Waals surface area contributed by atoms with E-state index in [9.17, 15) is 39.0 Å². The summed E-state index contributed by atoms with van der Waals surface area (Å²) in [6.07, 6.45) is -0.235. The third kappa shape index (κ3) is 11.5. The van der Waals surface area contributed by atoms with Crippen LogP contribution < -0.4 is 10.1 Å². The van der Waals surface area contributed by atoms with E-state index >= 15 is 0 Å². The highest BCUT2D eigenvalue weighted by Gasteiger charge is 2.41. The summed E-state index contributed by atoms with van der Waals surface area (Å²) in [4.78, 5) is 74.0. The predicted molar refractivity (Wildman–Crippen MR) is 184 cm³/mol. The first-order valence-electron chi connectivity index (χ1n) is 15.7. The molecule has 5 rings (SSSR count). The highest BCUT2D eigenvalue weighted by atomic mass is 32.2. The van der Waals surface area contributed by atoms with Crippen molar-refractivity contribution in [2.24, 2.45) is 0 Å². The van der Waals surface area contributed by atoms with Gasteiger partial charge in [-0.2, -0.15) is 0 Å². The number of amides is 2. The number of esters is 2. The van der Waals surface area contributed by atoms with Gasteiger partial charge >= 0.3 is 23.9 Å². The summed E-state index contributed by atoms with van der Waals surface area (Å²) < 4.78 is 15.3. The number of carbonyl (C=O) groups excluding carboxylic acids is 4. The summed E-state index contributed by atoms with van der Waals surface area (Å²) in [5.41, 5.74) is 3.31. The molecule has 0 aliphatic carbocycles. The van der Waals surface area contributed by atoms with Crippen LogP contribution in [0.3, 0.4) is 0 Å². The van der Waals surface area contributed by atoms with Crippen LogP contribution in [0.15, 0.2) is 103 Å². The maximum atomic E-state index is 12.0. The smallest absolute Gasteiger partial charge is 0.349 e. The molecule has 3 aromatic carbocycles. The Labute approximate surface area is 297 Å². The van der Waals surface area contributed by atoms with Gasteiger partial charge in [-0.25, -0.2) is 19.2 Å². The molecule has 3 unspecified atom stereocenters. The van der Waals surface area contributed by atoms with E-state index in [2.05, 4.69) is 23.3 Å². The standard InChI is InChI=1S/C19H20N2O3S.C18H14O8/c1-2-13-3-6-15(20-12-13)9-10-24-16-7-4-14(5-8-16)11-17-18(22)21-19(23)25-17;19-15(20)13(25-17(23)11-7-3-1-4-8-11)14(16(21)22)26-18(24)12-9-5-2-6-10-12/h3-8,12,17H,2,9-11H2,1H3,(H,21,22,23);1-10,13-14H,(H,19,20)(H,21,22). The molecule has 2 heterocycles. The molecule has 3 atom stereocenters. The molecule has 1 saturated heterocycles. The van der Waals surface area contributed by atoms with E-state index < -0.39 is 36.1 Å². The highest BCUT2D eigenvalue weighted by molar-refractivity contribution is 8.15. The molecule has 1 aliphatic heterocycles. The summed E-state index contributed by atoms with van der Waals surface area (Å²) >= 11 is 1.05. The van der Waals surface area contributed by atoms with Crippen LogP contribution in [0.4, 0.5) is 4.79 Å². The first-order valence-corrected chi connectivity index (χ1v) is 16.6. The number of benzene rings is 3. The van der Waals surface area contributed by atoms with Crippen LogP contribution in [0, 0.1) is 0 Å². The number of pyridine rings is 1. The number of imide groups is 1. The average molecular weight is 715 g/mol. The number of aromatic nitrogens is 1. The Hall–Kier alpha value is -6.02. The van der Waals surface area contributed by atoms with Crippen LogP contribution in [-0.4, -0.2) is 74.3 Å². The Balaban J connectivity index is 0.000000229. The van der Waals surface area contributed by atoms with Gasteiger partial charge in [0.2, 0.25) is 18.1 Å². The number of carboxylic acid groups (broad SMARTS) is 2. The van der Waals surface area contributed by atoms with E-state index in [4.69, 9.17) is 14.2 Å². The van der Waals surface area contributed by atoms with Gasteiger partial charge in [-0.1, -0.05) is 73.3 Å². The number of aliphatic carboxylic acids is 2. The number of carbonyl (C=O) groups is 6. The lowest BCUT2D eigenvalue weighted by molar-refractivity contribution is -0.166. The van der Waals surface area contributed by atoms with E-state index in [1.54, 1.807) is 12.1 Å². The second kappa shape index (κ2) is 18.7. The lowest BCUT2D eigenvalue weighted by Gasteiger charge is -2.21. The Kier molecular flexibility index (Phi) is 13.8. The lowest BCUT2D eigenvalue weighted by atomic mass is 10.1. The fourth-order valence-corrected chi connectivity index (χ4v) is 5.41. The minimum Gasteiger partial charge on any atom is -0.493 e. The molecule has 264 valence electrons. The summed E-state index contributed by atoms with van der Waals surface area (Å²) in [5.74, 6) is -5.06. The van der Waals surface area contributed by atoms with Crippen molar-refractivity contribution in [1.82, 2.24) is 10.3 Å². The van der Waals surface area contributed by atoms with Crippen molar-refractivity contribution in [3.63, 3.8) is 0 Å². The third-order valence-corrected chi connectivity index (χ3v) is 8.26. The minimum absolute atomic E-state index is 0.0253. The van der Waals surface area contributed by atoms with Crippen LogP contribution in [0.2, 0.25) is 0 Å². The second-order valence-electron chi connectivity index (χ2n) is 10.9. The summed E-state index contributed by atoms with van der Waals surface area (Å²) in [6, 6.07) is 26.6. The number of thioether (sulfide) groups is 1. The van der Waals surface area contributed by atoms with Crippen molar-refractivity contribution >= 4 is 46.8 Å². The molecule has 4 aromatic rings. The van der Waals surface area contributed by atoms with Gasteiger partial charge in [-0.05, 0) is 66.4 Å². The van der Waals surface area contributed by atoms with Crippen molar-refractivity contribution < 1.29 is 53.2 Å². The van der Waals surface area contributed by atoms with Gasteiger partial charge in [0.25, 0.3) is 5.24 Å². The number of nitrogens with zero attached hydrogens (tertiary/aromatic N) is 1. The molecular formula is C37H34N2O11S. The molecular weight excluding hydrogens is 680 g/mol. The number of aryl methyl sites for hydroxylation is 1. The van der Waals surface area contributed by atoms with Gasteiger partial charge in [0.05, 0.1) is 23.0 Å². The summed E-state index contributed by atoms with van der Waals surface area (Å²) in [6.45, 7) is 2.67. The fourth-order valence-electron chi connectivity index (χ4n) is 4.55. The Morgan fingerprint density at radius 1 is 0.765 bits per heavy atom. The van der Waals surface area contributed by atoms with Gasteiger partial charge in [0, 0.05) is 18.3 Å². The normalized spacial score (nSPS) is 14.6. The largest absolute Gasteiger partial charge is 0.493 e. The van der Waals surface area contributed by atoms with Crippen molar-refractivity contribution in [1.29, 1.82) is 0 Å². The Morgan fingerprint density at radius 3 is 1.73 bits per heavy atom. The van der Waals surface area contributed by atoms with Crippen molar-refractivity contribution in [3.05, 3.63) is 131 Å². The molecule has 1 fully saturated rings. The van der Waals surface area contributed by atoms with Gasteiger partial charge < -0.3 is 24.4 Å². The third-order valence-electron chi connectivity index (χ3n) is 7.28. The van der Waals surface area contributed by atoms with Gasteiger partial charge in [0.15, 0.2) is 0 Å². The zero-order chi connectivity index (χ0) is 36.8. The molecule has 0 radical (unpaired) electrons. The SMILES string of the molecule is CCc1ccc(CCOc2ccc(CC3SC(=O)NC3=O)cc2)nc1.O=C(OC(C(=O)O)C(OC(=O)c1ccccc1)C(=O)O)c1ccccc1. The predicted octanol–water partition coefficient (Wildman–Crippen LogP) is 4.77. The second-order valence-corrected chi connectivity index (χ2v) is 12.1. The number of hydrogen-bond donors (Lipinski definition) is 3. The minimum atomic E-state index is -2.21. The first-order chi connectivity index (χ1) is 24.5. The van der Waals surface area contributed by atoms with Crippen molar-refractivity contribution in [2.75, 3.05) is 6.61 Å². The van der Waals surface area contributed by atoms with E-state index in [0.717, 1.165) is 41.6 Å². The Bertz CT molecular complexity index is 1750. The molecule has 14 heteroatoms. The molecule has 2 amide bonds. The van der Waals surface area contributed by atoms with Crippen LogP contribution >= 0.6 is 11.8 Å². The van der Waals surface area contributed by atoms with Crippen LogP contribution in [-0.2, 0) is 43.1 Å². The van der Waals surface area contributed by atoms with E-state index in [-0.39, 0.29) is 27.5 Å². The topological polar surface area (TPSA) is 195 Å². The van der Waals surface area contributed by atoms with E-state index in [1.165, 1.54) is 54.1 Å². The molecule has 3 N–H and O–H groups in total. The first kappa shape index (κ1) is 37.8. The zero-order valence-electron chi connectivity index (χ0n) is 27.3. The zero-order valence-corrected chi connectivity index (χ0v) is 28.1. The molecule has 13 nitrogen and oxygen atoms in total. The monoisotopic (exact) mass is 714 g/mol. The molecule has 0 spiro atoms. The Morgan fingerprint density at radius 2 is 1.29 bits per heavy atom. The van der Waals surface area contributed by atoms with Crippen LogP contribution in [0.5, 0.6) is 5.75 Å². The molecule has 0 saturated carbocycles. The molecule has 1 aromatic heterocycles. The van der Waals surface area contributed by atoms with E-state index in [1.807, 2.05) is 36.5 Å². The summed E-state index contributed by atoms with van der Waals surface area (Å²) in [5, 5.41) is 20.2. The number of nitrogens with one attached hydrogen (secondary N) is 1. The van der Waals surface area contributed by atoms with Crippen LogP contribution in [0.1, 0.15) is 44.5 Å². The van der Waals surface area contributed by atoms with Gasteiger partial charge in [-0.15, -0.1) is 0 Å². The van der Waals surface area contributed by atoms with Crippen molar-refractivity contribution in [2.45, 2.75) is 43.6 Å². The fraction of sp³-hybridized carbons (Fsp3) is 0.216. The van der Waals surface area contributed by atoms with Crippen LogP contribution in [0.25, 0.3) is 0 Å².